The zero-order valence-corrected chi connectivity index (χ0v) is 35.9. The van der Waals surface area contributed by atoms with E-state index in [1.165, 1.54) is 16.2 Å². The van der Waals surface area contributed by atoms with Crippen molar-refractivity contribution in [2.24, 2.45) is 11.3 Å². The maximum absolute atomic E-state index is 14.6. The summed E-state index contributed by atoms with van der Waals surface area (Å²) < 4.78 is 21.2. The van der Waals surface area contributed by atoms with Crippen molar-refractivity contribution >= 4 is 46.9 Å². The van der Waals surface area contributed by atoms with Crippen molar-refractivity contribution in [1.82, 2.24) is 30.7 Å². The Labute approximate surface area is 353 Å². The fourth-order valence-corrected chi connectivity index (χ4v) is 9.38. The summed E-state index contributed by atoms with van der Waals surface area (Å²) in [5.74, 6) is -0.223. The Morgan fingerprint density at radius 1 is 1.08 bits per heavy atom. The molecule has 4 amide bonds. The van der Waals surface area contributed by atoms with Gasteiger partial charge in [0.15, 0.2) is 5.67 Å². The minimum atomic E-state index is -1.97. The number of carbonyl (C=O) groups excluding carboxylic acids is 3. The molecule has 0 spiro atoms. The number of likely N-dealkylation sites (tertiary alicyclic amines) is 2. The number of hydrogen-bond acceptors (Lipinski definition) is 10. The van der Waals surface area contributed by atoms with Crippen LogP contribution in [0.25, 0.3) is 10.4 Å². The second kappa shape index (κ2) is 19.4. The first-order valence-electron chi connectivity index (χ1n) is 20.4. The number of alkyl halides is 1. The Kier molecular flexibility index (Phi) is 14.6. The molecular formula is C43H57FN6O7S2. The van der Waals surface area contributed by atoms with Crippen molar-refractivity contribution in [3.8, 4) is 16.2 Å². The number of halogens is 1. The van der Waals surface area contributed by atoms with Gasteiger partial charge in [0.2, 0.25) is 11.8 Å². The smallest absolute Gasteiger partial charge is 0.404 e. The van der Waals surface area contributed by atoms with Crippen molar-refractivity contribution in [3.63, 3.8) is 0 Å². The third-order valence-corrected chi connectivity index (χ3v) is 13.5. The predicted octanol–water partition coefficient (Wildman–Crippen LogP) is 5.64. The summed E-state index contributed by atoms with van der Waals surface area (Å²) in [6.45, 7) is 10.3. The van der Waals surface area contributed by atoms with E-state index in [4.69, 9.17) is 4.74 Å². The lowest BCUT2D eigenvalue weighted by molar-refractivity contribution is -0.145. The van der Waals surface area contributed by atoms with Crippen LogP contribution in [0, 0.1) is 18.3 Å². The summed E-state index contributed by atoms with van der Waals surface area (Å²) in [6.07, 6.45) is 0.862. The molecule has 16 heteroatoms. The van der Waals surface area contributed by atoms with Gasteiger partial charge in [0.05, 0.1) is 28.8 Å². The van der Waals surface area contributed by atoms with Gasteiger partial charge in [-0.15, -0.1) is 23.1 Å². The van der Waals surface area contributed by atoms with E-state index in [0.717, 1.165) is 59.1 Å². The van der Waals surface area contributed by atoms with E-state index in [0.29, 0.717) is 30.4 Å². The molecule has 1 saturated carbocycles. The number of benzene rings is 2. The van der Waals surface area contributed by atoms with Crippen LogP contribution in [0.1, 0.15) is 70.6 Å². The van der Waals surface area contributed by atoms with Gasteiger partial charge in [0.25, 0.3) is 5.91 Å². The Bertz CT molecular complexity index is 1930. The number of aliphatic hydroxyl groups is 1. The number of hydrogen-bond donors (Lipinski definition) is 5. The van der Waals surface area contributed by atoms with Crippen LogP contribution in [0.4, 0.5) is 9.18 Å². The Morgan fingerprint density at radius 2 is 1.81 bits per heavy atom. The normalized spacial score (nSPS) is 20.4. The lowest BCUT2D eigenvalue weighted by Crippen LogP contribution is -2.59. The van der Waals surface area contributed by atoms with Gasteiger partial charge in [-0.2, -0.15) is 0 Å². The van der Waals surface area contributed by atoms with Crippen molar-refractivity contribution in [3.05, 3.63) is 65.3 Å². The SMILES string of the molecule is Cc1ncsc1-c1ccc(CNC(=O)[C@@H]2C[C@@H](O)CN2C(=O)[C@@H](NC(=O)C2(F)CC2)C(C)(C)C)c(OCC2CCN(CC[C@H](CSc3ccccc3)NC(=O)O)CC2)c1. The maximum atomic E-state index is 14.6. The Hall–Kier alpha value is -4.25. The van der Waals surface area contributed by atoms with E-state index >= 15 is 0 Å². The van der Waals surface area contributed by atoms with E-state index in [9.17, 15) is 33.8 Å². The van der Waals surface area contributed by atoms with Crippen LogP contribution >= 0.6 is 23.1 Å². The van der Waals surface area contributed by atoms with E-state index < -0.39 is 53.1 Å². The second-order valence-corrected chi connectivity index (χ2v) is 19.0. The molecule has 2 aliphatic heterocycles. The van der Waals surface area contributed by atoms with Crippen LogP contribution in [0.3, 0.4) is 0 Å². The number of nitrogens with one attached hydrogen (secondary N) is 3. The molecular weight excluding hydrogens is 796 g/mol. The summed E-state index contributed by atoms with van der Waals surface area (Å²) >= 11 is 3.18. The molecule has 0 unspecified atom stereocenters. The number of β-amino-alcohol motifs (C(OH)–C–C–N with tert-alkyl or cyclic N) is 1. The van der Waals surface area contributed by atoms with Crippen LogP contribution in [0.15, 0.2) is 58.9 Å². The highest BCUT2D eigenvalue weighted by atomic mass is 32.2. The molecule has 4 atom stereocenters. The van der Waals surface area contributed by atoms with E-state index in [1.807, 2.05) is 55.5 Å². The molecule has 59 heavy (non-hydrogen) atoms. The molecule has 5 N–H and O–H groups in total. The molecule has 3 fully saturated rings. The highest BCUT2D eigenvalue weighted by Gasteiger charge is 2.53. The molecule has 1 aliphatic carbocycles. The lowest BCUT2D eigenvalue weighted by Gasteiger charge is -2.35. The Morgan fingerprint density at radius 3 is 2.46 bits per heavy atom. The first kappa shape index (κ1) is 44.3. The van der Waals surface area contributed by atoms with Crippen LogP contribution in [0.5, 0.6) is 5.75 Å². The van der Waals surface area contributed by atoms with E-state index in [-0.39, 0.29) is 38.4 Å². The van der Waals surface area contributed by atoms with Crippen LogP contribution in [0.2, 0.25) is 0 Å². The average molecular weight is 853 g/mol. The van der Waals surface area contributed by atoms with E-state index in [1.54, 1.807) is 38.0 Å². The number of ether oxygens (including phenoxy) is 1. The number of carbonyl (C=O) groups is 4. The third kappa shape index (κ3) is 12.0. The average Bonchev–Trinajstić information content (AvgIpc) is 3.61. The molecule has 3 heterocycles. The number of aliphatic hydroxyl groups excluding tert-OH is 1. The van der Waals surface area contributed by atoms with Gasteiger partial charge in [-0.3, -0.25) is 14.4 Å². The fraction of sp³-hybridized carbons (Fsp3) is 0.558. The van der Waals surface area contributed by atoms with Gasteiger partial charge in [0.1, 0.15) is 17.8 Å². The zero-order chi connectivity index (χ0) is 42.3. The zero-order valence-electron chi connectivity index (χ0n) is 34.2. The minimum Gasteiger partial charge on any atom is -0.493 e. The molecule has 2 aromatic carbocycles. The number of amides is 4. The molecule has 320 valence electrons. The highest BCUT2D eigenvalue weighted by molar-refractivity contribution is 7.99. The molecule has 1 aromatic heterocycles. The third-order valence-electron chi connectivity index (χ3n) is 11.4. The standard InChI is InChI=1S/C43H57FN6O7S2/c1-27-36(59-26-46-27)29-10-11-30(22-45-38(52)34-21-32(51)23-50(34)39(53)37(42(2,3)4)48-40(54)43(44)15-16-43)35(20-29)57-24-28-12-17-49(18-13-28)19-14-31(47-41(55)56)25-58-33-8-6-5-7-9-33/h5-11,20,26,28,31-32,34,37,47,51H,12-19,21-25H2,1-4H3,(H,45,52)(H,48,54)(H,55,56)/t31-,32-,34+,37-/m1/s1. The summed E-state index contributed by atoms with van der Waals surface area (Å²) in [6, 6.07) is 13.6. The molecule has 0 bridgehead atoms. The van der Waals surface area contributed by atoms with Crippen LogP contribution in [-0.4, -0.2) is 117 Å². The largest absolute Gasteiger partial charge is 0.493 e. The first-order chi connectivity index (χ1) is 28.1. The number of piperidine rings is 1. The monoisotopic (exact) mass is 852 g/mol. The van der Waals surface area contributed by atoms with Gasteiger partial charge in [0, 0.05) is 48.3 Å². The van der Waals surface area contributed by atoms with Gasteiger partial charge in [-0.1, -0.05) is 51.1 Å². The van der Waals surface area contributed by atoms with Gasteiger partial charge in [-0.05, 0) is 87.2 Å². The molecule has 2 saturated heterocycles. The molecule has 0 radical (unpaired) electrons. The minimum absolute atomic E-state index is 0.0322. The first-order valence-corrected chi connectivity index (χ1v) is 22.3. The van der Waals surface area contributed by atoms with Crippen molar-refractivity contribution in [2.75, 3.05) is 38.5 Å². The summed E-state index contributed by atoms with van der Waals surface area (Å²) in [5.41, 5.74) is 1.66. The fourth-order valence-electron chi connectivity index (χ4n) is 7.58. The number of nitrogens with zero attached hydrogens (tertiary/aromatic N) is 3. The maximum Gasteiger partial charge on any atom is 0.404 e. The molecule has 6 rings (SSSR count). The highest BCUT2D eigenvalue weighted by Crippen LogP contribution is 2.40. The molecule has 13 nitrogen and oxygen atoms in total. The molecule has 3 aliphatic rings. The summed E-state index contributed by atoms with van der Waals surface area (Å²) in [7, 11) is 0. The summed E-state index contributed by atoms with van der Waals surface area (Å²) in [4.78, 5) is 62.1. The number of aromatic nitrogens is 1. The van der Waals surface area contributed by atoms with Crippen LogP contribution in [-0.2, 0) is 20.9 Å². The van der Waals surface area contributed by atoms with Gasteiger partial charge in [-0.25, -0.2) is 14.2 Å². The Balaban J connectivity index is 1.06. The van der Waals surface area contributed by atoms with Crippen molar-refractivity contribution in [2.45, 2.75) is 108 Å². The second-order valence-electron chi connectivity index (χ2n) is 17.1. The predicted molar refractivity (Wildman–Crippen MR) is 226 cm³/mol. The van der Waals surface area contributed by atoms with Crippen molar-refractivity contribution in [1.29, 1.82) is 0 Å². The number of rotatable bonds is 17. The van der Waals surface area contributed by atoms with Crippen molar-refractivity contribution < 1.29 is 38.5 Å². The number of thiazole rings is 1. The topological polar surface area (TPSA) is 173 Å². The van der Waals surface area contributed by atoms with Crippen LogP contribution < -0.4 is 20.7 Å². The summed E-state index contributed by atoms with van der Waals surface area (Å²) in [5, 5.41) is 28.3. The molecule has 3 aromatic rings. The lowest BCUT2D eigenvalue weighted by atomic mass is 9.85. The number of aryl methyl sites for hydroxylation is 1. The van der Waals surface area contributed by atoms with Gasteiger partial charge >= 0.3 is 6.09 Å². The van der Waals surface area contributed by atoms with Gasteiger partial charge < -0.3 is 40.7 Å². The number of thioether (sulfide) groups is 1. The quantitative estimate of drug-likeness (QED) is 0.107. The van der Waals surface area contributed by atoms with E-state index in [2.05, 4.69) is 25.8 Å². The number of carboxylic acid groups (broad SMARTS) is 1.